The first kappa shape index (κ1) is 11.5. The minimum absolute atomic E-state index is 0.0142. The molecule has 1 rings (SSSR count). The Labute approximate surface area is 86.6 Å². The Hall–Kier alpha value is -0.560. The molecule has 14 heavy (non-hydrogen) atoms. The van der Waals surface area contributed by atoms with Gasteiger partial charge < -0.3 is 10.5 Å². The number of hydrogen-bond acceptors (Lipinski definition) is 3. The molecule has 0 amide bonds. The lowest BCUT2D eigenvalue weighted by atomic mass is 10.1. The van der Waals surface area contributed by atoms with Crippen molar-refractivity contribution in [3.63, 3.8) is 0 Å². The van der Waals surface area contributed by atoms with Crippen molar-refractivity contribution in [3.8, 4) is 12.3 Å². The van der Waals surface area contributed by atoms with Crippen LogP contribution in [0.15, 0.2) is 0 Å². The zero-order valence-corrected chi connectivity index (χ0v) is 8.91. The molecule has 3 nitrogen and oxygen atoms in total. The van der Waals surface area contributed by atoms with Crippen LogP contribution in [0.25, 0.3) is 0 Å². The van der Waals surface area contributed by atoms with Crippen molar-refractivity contribution in [2.75, 3.05) is 26.2 Å². The second-order valence-electron chi connectivity index (χ2n) is 3.78. The molecule has 0 saturated carbocycles. The van der Waals surface area contributed by atoms with E-state index in [1.807, 2.05) is 0 Å². The number of ether oxygens (including phenoxy) is 1. The van der Waals surface area contributed by atoms with E-state index in [0.717, 1.165) is 26.2 Å². The van der Waals surface area contributed by atoms with E-state index in [2.05, 4.69) is 17.7 Å². The third kappa shape index (κ3) is 3.30. The first-order chi connectivity index (χ1) is 6.77. The second kappa shape index (κ2) is 6.02. The molecule has 3 heteroatoms. The third-order valence-electron chi connectivity index (χ3n) is 2.55. The predicted octanol–water partition coefficient (Wildman–Crippen LogP) is 0.448. The lowest BCUT2D eigenvalue weighted by Gasteiger charge is -2.35. The smallest absolute Gasteiger partial charge is 0.0862 e. The van der Waals surface area contributed by atoms with Crippen molar-refractivity contribution >= 4 is 0 Å². The number of nitrogens with two attached hydrogens (primary N) is 1. The van der Waals surface area contributed by atoms with Crippen molar-refractivity contribution < 1.29 is 4.74 Å². The summed E-state index contributed by atoms with van der Waals surface area (Å²) in [6.45, 7) is 6.04. The maximum atomic E-state index is 5.92. The summed E-state index contributed by atoms with van der Waals surface area (Å²) in [6, 6.07) is -0.0142. The lowest BCUT2D eigenvalue weighted by Crippen LogP contribution is -2.50. The van der Waals surface area contributed by atoms with Crippen LogP contribution in [-0.4, -0.2) is 43.3 Å². The van der Waals surface area contributed by atoms with Crippen molar-refractivity contribution in [1.29, 1.82) is 0 Å². The lowest BCUT2D eigenvalue weighted by molar-refractivity contribution is -0.0394. The highest BCUT2D eigenvalue weighted by Gasteiger charge is 2.24. The Morgan fingerprint density at radius 3 is 3.14 bits per heavy atom. The van der Waals surface area contributed by atoms with Gasteiger partial charge in [-0.1, -0.05) is 6.92 Å². The molecule has 0 aromatic rings. The molecular formula is C11H20N2O. The minimum Gasteiger partial charge on any atom is -0.374 e. The van der Waals surface area contributed by atoms with Crippen LogP contribution in [0.4, 0.5) is 0 Å². The zero-order valence-electron chi connectivity index (χ0n) is 8.91. The van der Waals surface area contributed by atoms with E-state index >= 15 is 0 Å². The van der Waals surface area contributed by atoms with Gasteiger partial charge in [-0.2, -0.15) is 0 Å². The third-order valence-corrected chi connectivity index (χ3v) is 2.55. The van der Waals surface area contributed by atoms with Crippen molar-refractivity contribution in [2.24, 2.45) is 5.73 Å². The van der Waals surface area contributed by atoms with Crippen LogP contribution in [0, 0.1) is 12.3 Å². The van der Waals surface area contributed by atoms with E-state index in [0.29, 0.717) is 6.42 Å². The van der Waals surface area contributed by atoms with E-state index < -0.39 is 0 Å². The summed E-state index contributed by atoms with van der Waals surface area (Å²) in [4.78, 5) is 2.39. The van der Waals surface area contributed by atoms with E-state index in [-0.39, 0.29) is 12.1 Å². The monoisotopic (exact) mass is 196 g/mol. The molecule has 2 atom stereocenters. The van der Waals surface area contributed by atoms with Crippen LogP contribution >= 0.6 is 0 Å². The first-order valence-electron chi connectivity index (χ1n) is 5.31. The molecule has 1 heterocycles. The average Bonchev–Trinajstić information content (AvgIpc) is 2.19. The summed E-state index contributed by atoms with van der Waals surface area (Å²) in [5.74, 6) is 2.59. The largest absolute Gasteiger partial charge is 0.374 e. The average molecular weight is 196 g/mol. The standard InChI is InChI=1S/C11H20N2O/c1-3-5-10(12)11-9-13(6-4-2)7-8-14-11/h1,10-11H,4-9,12H2,2H3. The SMILES string of the molecule is C#CCC(N)C1CN(CCC)CCO1. The summed E-state index contributed by atoms with van der Waals surface area (Å²) in [6.07, 6.45) is 7.13. The maximum Gasteiger partial charge on any atom is 0.0862 e. The van der Waals surface area contributed by atoms with E-state index in [4.69, 9.17) is 16.9 Å². The van der Waals surface area contributed by atoms with Crippen molar-refractivity contribution in [1.82, 2.24) is 4.90 Å². The highest BCUT2D eigenvalue weighted by molar-refractivity contribution is 4.93. The van der Waals surface area contributed by atoms with Gasteiger partial charge in [-0.3, -0.25) is 4.90 Å². The van der Waals surface area contributed by atoms with Gasteiger partial charge in [-0.15, -0.1) is 12.3 Å². The Balaban J connectivity index is 2.35. The highest BCUT2D eigenvalue weighted by Crippen LogP contribution is 2.09. The van der Waals surface area contributed by atoms with Gasteiger partial charge in [0.2, 0.25) is 0 Å². The van der Waals surface area contributed by atoms with Crippen molar-refractivity contribution in [3.05, 3.63) is 0 Å². The van der Waals surface area contributed by atoms with Crippen LogP contribution in [0.2, 0.25) is 0 Å². The predicted molar refractivity (Wildman–Crippen MR) is 57.9 cm³/mol. The first-order valence-corrected chi connectivity index (χ1v) is 5.31. The summed E-state index contributed by atoms with van der Waals surface area (Å²) < 4.78 is 5.61. The molecule has 1 fully saturated rings. The molecule has 1 aliphatic heterocycles. The Kier molecular flexibility index (Phi) is 4.95. The Morgan fingerprint density at radius 2 is 2.50 bits per heavy atom. The fourth-order valence-electron chi connectivity index (χ4n) is 1.78. The van der Waals surface area contributed by atoms with Gasteiger partial charge in [0.1, 0.15) is 0 Å². The van der Waals surface area contributed by atoms with Gasteiger partial charge in [-0.25, -0.2) is 0 Å². The van der Waals surface area contributed by atoms with Crippen LogP contribution in [0.5, 0.6) is 0 Å². The van der Waals surface area contributed by atoms with E-state index in [1.165, 1.54) is 6.42 Å². The molecular weight excluding hydrogens is 176 g/mol. The summed E-state index contributed by atoms with van der Waals surface area (Å²) in [5, 5.41) is 0. The Bertz CT molecular complexity index is 198. The summed E-state index contributed by atoms with van der Waals surface area (Å²) in [5.41, 5.74) is 5.92. The van der Waals surface area contributed by atoms with Gasteiger partial charge >= 0.3 is 0 Å². The molecule has 0 radical (unpaired) electrons. The number of nitrogens with zero attached hydrogens (tertiary/aromatic N) is 1. The minimum atomic E-state index is -0.0142. The number of terminal acetylenes is 1. The van der Waals surface area contributed by atoms with Crippen LogP contribution < -0.4 is 5.73 Å². The van der Waals surface area contributed by atoms with Crippen LogP contribution in [0.3, 0.4) is 0 Å². The topological polar surface area (TPSA) is 38.5 Å². The van der Waals surface area contributed by atoms with Gasteiger partial charge in [-0.05, 0) is 13.0 Å². The normalized spacial score (nSPS) is 25.6. The fourth-order valence-corrected chi connectivity index (χ4v) is 1.78. The van der Waals surface area contributed by atoms with Crippen LogP contribution in [-0.2, 0) is 4.74 Å². The number of rotatable bonds is 4. The Morgan fingerprint density at radius 1 is 1.71 bits per heavy atom. The van der Waals surface area contributed by atoms with Gasteiger partial charge in [0.25, 0.3) is 0 Å². The van der Waals surface area contributed by atoms with Gasteiger partial charge in [0.15, 0.2) is 0 Å². The number of hydrogen-bond donors (Lipinski definition) is 1. The second-order valence-corrected chi connectivity index (χ2v) is 3.78. The zero-order chi connectivity index (χ0) is 10.4. The van der Waals surface area contributed by atoms with Crippen LogP contribution in [0.1, 0.15) is 19.8 Å². The van der Waals surface area contributed by atoms with E-state index in [1.54, 1.807) is 0 Å². The molecule has 1 aliphatic rings. The maximum absolute atomic E-state index is 5.92. The summed E-state index contributed by atoms with van der Waals surface area (Å²) >= 11 is 0. The van der Waals surface area contributed by atoms with Crippen molar-refractivity contribution in [2.45, 2.75) is 31.9 Å². The van der Waals surface area contributed by atoms with E-state index in [9.17, 15) is 0 Å². The molecule has 2 N–H and O–H groups in total. The quantitative estimate of drug-likeness (QED) is 0.663. The highest BCUT2D eigenvalue weighted by atomic mass is 16.5. The van der Waals surface area contributed by atoms with Gasteiger partial charge in [0.05, 0.1) is 12.7 Å². The molecule has 80 valence electrons. The summed E-state index contributed by atoms with van der Waals surface area (Å²) in [7, 11) is 0. The molecule has 0 aromatic heterocycles. The fraction of sp³-hybridized carbons (Fsp3) is 0.818. The number of morpholine rings is 1. The molecule has 0 aromatic carbocycles. The molecule has 0 spiro atoms. The molecule has 1 saturated heterocycles. The molecule has 2 unspecified atom stereocenters. The molecule has 0 bridgehead atoms. The van der Waals surface area contributed by atoms with Gasteiger partial charge in [0, 0.05) is 25.6 Å². The molecule has 0 aliphatic carbocycles.